The highest BCUT2D eigenvalue weighted by molar-refractivity contribution is 7.85. The van der Waals surface area contributed by atoms with Crippen molar-refractivity contribution in [3.63, 3.8) is 0 Å². The molecule has 0 unspecified atom stereocenters. The first-order valence-corrected chi connectivity index (χ1v) is 7.59. The van der Waals surface area contributed by atoms with Gasteiger partial charge < -0.3 is 10.3 Å². The summed E-state index contributed by atoms with van der Waals surface area (Å²) in [6, 6.07) is 0.451. The van der Waals surface area contributed by atoms with E-state index in [1.807, 2.05) is 26.4 Å². The van der Waals surface area contributed by atoms with Crippen molar-refractivity contribution < 1.29 is 4.21 Å². The molecule has 1 aliphatic rings. The lowest BCUT2D eigenvalue weighted by Gasteiger charge is -2.26. The van der Waals surface area contributed by atoms with Gasteiger partial charge in [-0.1, -0.05) is 0 Å². The molecule has 5 heteroatoms. The van der Waals surface area contributed by atoms with Crippen molar-refractivity contribution in [3.8, 4) is 0 Å². The first-order valence-electron chi connectivity index (χ1n) is 6.10. The van der Waals surface area contributed by atoms with Crippen LogP contribution in [0.15, 0.2) is 12.5 Å². The van der Waals surface area contributed by atoms with E-state index in [-0.39, 0.29) is 5.54 Å². The van der Waals surface area contributed by atoms with Gasteiger partial charge in [-0.05, 0) is 26.7 Å². The SMILES string of the molecule is CC(C)(N)Cc1cncn1C1CCS(=O)CC1. The van der Waals surface area contributed by atoms with Gasteiger partial charge in [0.05, 0.1) is 6.33 Å². The fraction of sp³-hybridized carbons (Fsp3) is 0.750. The molecule has 2 rings (SSSR count). The number of aromatic nitrogens is 2. The molecule has 1 aromatic heterocycles. The fourth-order valence-corrected chi connectivity index (χ4v) is 3.60. The van der Waals surface area contributed by atoms with Crippen LogP contribution >= 0.6 is 0 Å². The minimum Gasteiger partial charge on any atom is -0.331 e. The Bertz CT molecular complexity index is 398. The van der Waals surface area contributed by atoms with Crippen LogP contribution in [0.2, 0.25) is 0 Å². The van der Waals surface area contributed by atoms with Crippen LogP contribution in [-0.4, -0.2) is 30.8 Å². The lowest BCUT2D eigenvalue weighted by atomic mass is 10.00. The summed E-state index contributed by atoms with van der Waals surface area (Å²) in [5, 5.41) is 0. The van der Waals surface area contributed by atoms with E-state index in [2.05, 4.69) is 9.55 Å². The zero-order valence-electron chi connectivity index (χ0n) is 10.6. The molecule has 1 fully saturated rings. The normalized spacial score (nSPS) is 26.1. The van der Waals surface area contributed by atoms with E-state index in [1.165, 1.54) is 5.69 Å². The van der Waals surface area contributed by atoms with Crippen molar-refractivity contribution in [1.82, 2.24) is 9.55 Å². The van der Waals surface area contributed by atoms with E-state index < -0.39 is 10.8 Å². The Kier molecular flexibility index (Phi) is 3.68. The van der Waals surface area contributed by atoms with Crippen LogP contribution in [0.25, 0.3) is 0 Å². The minimum absolute atomic E-state index is 0.213. The van der Waals surface area contributed by atoms with E-state index in [4.69, 9.17) is 5.73 Å². The van der Waals surface area contributed by atoms with Crippen LogP contribution in [0.3, 0.4) is 0 Å². The second-order valence-electron chi connectivity index (χ2n) is 5.54. The molecule has 0 amide bonds. The zero-order chi connectivity index (χ0) is 12.5. The molecule has 0 spiro atoms. The molecule has 1 aromatic rings. The van der Waals surface area contributed by atoms with Gasteiger partial charge in [0.25, 0.3) is 0 Å². The van der Waals surface area contributed by atoms with E-state index in [0.29, 0.717) is 6.04 Å². The number of nitrogens with two attached hydrogens (primary N) is 1. The van der Waals surface area contributed by atoms with Crippen LogP contribution in [0.4, 0.5) is 0 Å². The molecule has 2 heterocycles. The third-order valence-corrected chi connectivity index (χ3v) is 4.52. The van der Waals surface area contributed by atoms with Crippen molar-refractivity contribution in [3.05, 3.63) is 18.2 Å². The average molecular weight is 255 g/mol. The molecular formula is C12H21N3OS. The Morgan fingerprint density at radius 2 is 2.18 bits per heavy atom. The van der Waals surface area contributed by atoms with Crippen LogP contribution < -0.4 is 5.73 Å². The average Bonchev–Trinajstić information content (AvgIpc) is 2.64. The molecule has 1 saturated heterocycles. The smallest absolute Gasteiger partial charge is 0.0950 e. The summed E-state index contributed by atoms with van der Waals surface area (Å²) >= 11 is 0. The van der Waals surface area contributed by atoms with Crippen molar-refractivity contribution in [1.29, 1.82) is 0 Å². The number of hydrogen-bond acceptors (Lipinski definition) is 3. The Labute approximate surface area is 105 Å². The van der Waals surface area contributed by atoms with Crippen LogP contribution in [-0.2, 0) is 17.2 Å². The second-order valence-corrected chi connectivity index (χ2v) is 7.23. The maximum atomic E-state index is 11.4. The van der Waals surface area contributed by atoms with Crippen LogP contribution in [0.1, 0.15) is 38.4 Å². The summed E-state index contributed by atoms with van der Waals surface area (Å²) in [5.74, 6) is 1.63. The quantitative estimate of drug-likeness (QED) is 0.884. The maximum Gasteiger partial charge on any atom is 0.0950 e. The predicted molar refractivity (Wildman–Crippen MR) is 70.3 cm³/mol. The van der Waals surface area contributed by atoms with Gasteiger partial charge in [-0.15, -0.1) is 0 Å². The Morgan fingerprint density at radius 1 is 1.53 bits per heavy atom. The van der Waals surface area contributed by atoms with E-state index >= 15 is 0 Å². The lowest BCUT2D eigenvalue weighted by Crippen LogP contribution is -2.35. The predicted octanol–water partition coefficient (Wildman–Crippen LogP) is 1.25. The molecule has 2 N–H and O–H groups in total. The number of nitrogens with zero attached hydrogens (tertiary/aromatic N) is 2. The molecular weight excluding hydrogens is 234 g/mol. The second kappa shape index (κ2) is 4.90. The fourth-order valence-electron chi connectivity index (χ4n) is 2.32. The maximum absolute atomic E-state index is 11.4. The Morgan fingerprint density at radius 3 is 2.76 bits per heavy atom. The van der Waals surface area contributed by atoms with Gasteiger partial charge in [0.1, 0.15) is 0 Å². The van der Waals surface area contributed by atoms with E-state index in [9.17, 15) is 4.21 Å². The van der Waals surface area contributed by atoms with Gasteiger partial charge in [0.2, 0.25) is 0 Å². The minimum atomic E-state index is -0.607. The van der Waals surface area contributed by atoms with Gasteiger partial charge in [-0.3, -0.25) is 4.21 Å². The molecule has 0 saturated carbocycles. The molecule has 17 heavy (non-hydrogen) atoms. The van der Waals surface area contributed by atoms with Gasteiger partial charge in [-0.2, -0.15) is 0 Å². The van der Waals surface area contributed by atoms with Crippen LogP contribution in [0.5, 0.6) is 0 Å². The summed E-state index contributed by atoms with van der Waals surface area (Å²) in [4.78, 5) is 4.23. The first-order chi connectivity index (χ1) is 7.96. The molecule has 96 valence electrons. The monoisotopic (exact) mass is 255 g/mol. The summed E-state index contributed by atoms with van der Waals surface area (Å²) in [5.41, 5.74) is 7.03. The topological polar surface area (TPSA) is 60.9 Å². The summed E-state index contributed by atoms with van der Waals surface area (Å²) in [6.45, 7) is 4.06. The Hall–Kier alpha value is -0.680. The third kappa shape index (κ3) is 3.39. The highest BCUT2D eigenvalue weighted by Crippen LogP contribution is 2.24. The third-order valence-electron chi connectivity index (χ3n) is 3.13. The van der Waals surface area contributed by atoms with Gasteiger partial charge in [0, 0.05) is 52.2 Å². The highest BCUT2D eigenvalue weighted by Gasteiger charge is 2.22. The molecule has 0 radical (unpaired) electrons. The van der Waals surface area contributed by atoms with Crippen molar-refractivity contribution in [2.24, 2.45) is 5.73 Å². The van der Waals surface area contributed by atoms with Crippen LogP contribution in [0, 0.1) is 0 Å². The van der Waals surface area contributed by atoms with Crippen molar-refractivity contribution in [2.45, 2.75) is 44.7 Å². The summed E-state index contributed by atoms with van der Waals surface area (Å²) < 4.78 is 13.6. The first kappa shape index (κ1) is 12.8. The molecule has 1 aliphatic heterocycles. The molecule has 0 aromatic carbocycles. The van der Waals surface area contributed by atoms with Gasteiger partial charge >= 0.3 is 0 Å². The standard InChI is InChI=1S/C12H21N3OS/c1-12(2,13)7-11-8-14-9-15(11)10-3-5-17(16)6-4-10/h8-10H,3-7,13H2,1-2H3. The van der Waals surface area contributed by atoms with E-state index in [0.717, 1.165) is 30.8 Å². The van der Waals surface area contributed by atoms with E-state index in [1.54, 1.807) is 0 Å². The van der Waals surface area contributed by atoms with Crippen molar-refractivity contribution in [2.75, 3.05) is 11.5 Å². The summed E-state index contributed by atoms with van der Waals surface area (Å²) in [7, 11) is -0.607. The largest absolute Gasteiger partial charge is 0.331 e. The lowest BCUT2D eigenvalue weighted by molar-refractivity contribution is 0.425. The number of imidazole rings is 1. The zero-order valence-corrected chi connectivity index (χ0v) is 11.4. The Balaban J connectivity index is 2.11. The number of rotatable bonds is 3. The van der Waals surface area contributed by atoms with Crippen molar-refractivity contribution >= 4 is 10.8 Å². The molecule has 0 bridgehead atoms. The van der Waals surface area contributed by atoms with Gasteiger partial charge in [-0.25, -0.2) is 4.98 Å². The highest BCUT2D eigenvalue weighted by atomic mass is 32.2. The molecule has 4 nitrogen and oxygen atoms in total. The molecule has 0 atom stereocenters. The summed E-state index contributed by atoms with van der Waals surface area (Å²) in [6.07, 6.45) is 6.59. The molecule has 0 aliphatic carbocycles. The van der Waals surface area contributed by atoms with Gasteiger partial charge in [0.15, 0.2) is 0 Å². The number of hydrogen-bond donors (Lipinski definition) is 1.